The third-order valence-electron chi connectivity index (χ3n) is 6.17. The molecule has 3 N–H and O–H groups in total. The zero-order valence-corrected chi connectivity index (χ0v) is 23.3. The van der Waals surface area contributed by atoms with Gasteiger partial charge in [0.1, 0.15) is 28.8 Å². The molecule has 1 heterocycles. The van der Waals surface area contributed by atoms with Crippen LogP contribution in [0.25, 0.3) is 0 Å². The zero-order valence-electron chi connectivity index (χ0n) is 22.5. The third-order valence-corrected chi connectivity index (χ3v) is 7.23. The molecule has 3 aromatic rings. The van der Waals surface area contributed by atoms with Gasteiger partial charge in [-0.3, -0.25) is 14.5 Å². The second-order valence-corrected chi connectivity index (χ2v) is 10.3. The summed E-state index contributed by atoms with van der Waals surface area (Å²) < 4.78 is 38.1. The molecule has 0 spiro atoms. The summed E-state index contributed by atoms with van der Waals surface area (Å²) in [5, 5.41) is 12.8. The van der Waals surface area contributed by atoms with Gasteiger partial charge in [-0.1, -0.05) is 43.8 Å². The fourth-order valence-electron chi connectivity index (χ4n) is 4.06. The van der Waals surface area contributed by atoms with Gasteiger partial charge in [0.15, 0.2) is 0 Å². The number of halogens is 3. The number of para-hydroxylation sites is 1. The molecule has 12 heteroatoms. The number of nitrogens with two attached hydrogens (primary N) is 1. The van der Waals surface area contributed by atoms with Gasteiger partial charge < -0.3 is 11.1 Å². The summed E-state index contributed by atoms with van der Waals surface area (Å²) in [6, 6.07) is 20.0. The number of aliphatic imine (C=N–C) groups is 2. The van der Waals surface area contributed by atoms with E-state index in [0.29, 0.717) is 16.9 Å². The number of hydrogen-bond donors (Lipinski definition) is 2. The molecule has 0 saturated carbocycles. The molecule has 2 amide bonds. The molecule has 4 rings (SSSR count). The van der Waals surface area contributed by atoms with Crippen molar-refractivity contribution in [3.05, 3.63) is 100 Å². The number of hydrogen-bond acceptors (Lipinski definition) is 5. The molecule has 214 valence electrons. The topological polar surface area (TPSA) is 124 Å². The molecule has 1 fully saturated rings. The van der Waals surface area contributed by atoms with Crippen molar-refractivity contribution in [2.75, 3.05) is 16.0 Å². The van der Waals surface area contributed by atoms with Crippen LogP contribution in [0.5, 0.6) is 0 Å². The van der Waals surface area contributed by atoms with E-state index in [9.17, 15) is 28.0 Å². The number of carbonyl (C=O) groups excluding carboxylic acids is 2. The highest BCUT2D eigenvalue weighted by Gasteiger charge is 2.34. The van der Waals surface area contributed by atoms with E-state index in [4.69, 9.17) is 5.73 Å². The van der Waals surface area contributed by atoms with Crippen molar-refractivity contribution in [3.63, 3.8) is 0 Å². The SMILES string of the molecule is CC(C)c1ccccc1N1C(=O)CS/C1=C(/C#N)C(=O)Nc1ccc(C(N)=NC=Nc2ccc(C(F)(F)F)cc2)cc1. The minimum Gasteiger partial charge on any atom is -0.383 e. The van der Waals surface area contributed by atoms with Crippen LogP contribution in [0.2, 0.25) is 0 Å². The highest BCUT2D eigenvalue weighted by atomic mass is 32.2. The van der Waals surface area contributed by atoms with Crippen LogP contribution >= 0.6 is 11.8 Å². The molecule has 3 aromatic carbocycles. The van der Waals surface area contributed by atoms with Crippen molar-refractivity contribution >= 4 is 52.8 Å². The minimum atomic E-state index is -4.43. The van der Waals surface area contributed by atoms with Gasteiger partial charge in [-0.05, 0) is 66.1 Å². The summed E-state index contributed by atoms with van der Waals surface area (Å²) in [6.07, 6.45) is -3.30. The zero-order chi connectivity index (χ0) is 30.4. The van der Waals surface area contributed by atoms with E-state index in [1.54, 1.807) is 36.4 Å². The number of amides is 2. The molecule has 0 aromatic heterocycles. The lowest BCUT2D eigenvalue weighted by Gasteiger charge is -2.23. The number of carbonyl (C=O) groups is 2. The van der Waals surface area contributed by atoms with E-state index in [2.05, 4.69) is 15.3 Å². The highest BCUT2D eigenvalue weighted by molar-refractivity contribution is 8.04. The van der Waals surface area contributed by atoms with Crippen molar-refractivity contribution in [3.8, 4) is 6.07 Å². The van der Waals surface area contributed by atoms with Gasteiger partial charge in [0.05, 0.1) is 22.7 Å². The fourth-order valence-corrected chi connectivity index (χ4v) is 5.06. The molecule has 1 aliphatic heterocycles. The predicted molar refractivity (Wildman–Crippen MR) is 159 cm³/mol. The van der Waals surface area contributed by atoms with Crippen LogP contribution in [0.3, 0.4) is 0 Å². The fraction of sp³-hybridized carbons (Fsp3) is 0.167. The maximum Gasteiger partial charge on any atom is 0.416 e. The number of rotatable bonds is 7. The van der Waals surface area contributed by atoms with E-state index in [1.807, 2.05) is 32.0 Å². The summed E-state index contributed by atoms with van der Waals surface area (Å²) in [5.41, 5.74) is 7.74. The molecule has 8 nitrogen and oxygen atoms in total. The third kappa shape index (κ3) is 6.87. The standard InChI is InChI=1S/C30H25F3N6O2S/c1-18(2)23-5-3-4-6-25(23)39-26(40)16-42-29(39)24(15-34)28(41)38-22-11-7-19(8-12-22)27(35)37-17-36-21-13-9-20(10-14-21)30(31,32)33/h3-14,17-18H,16H2,1-2H3,(H,38,41)(H2,35,36,37)/b29-24-. The number of alkyl halides is 3. The summed E-state index contributed by atoms with van der Waals surface area (Å²) in [5.74, 6) is -0.575. The first-order valence-corrected chi connectivity index (χ1v) is 13.6. The van der Waals surface area contributed by atoms with Crippen LogP contribution in [-0.4, -0.2) is 29.7 Å². The number of thioether (sulfide) groups is 1. The van der Waals surface area contributed by atoms with Gasteiger partial charge in [0, 0.05) is 11.3 Å². The van der Waals surface area contributed by atoms with E-state index in [0.717, 1.165) is 35.8 Å². The monoisotopic (exact) mass is 590 g/mol. The molecule has 0 bridgehead atoms. The normalized spacial score (nSPS) is 15.3. The van der Waals surface area contributed by atoms with E-state index in [1.165, 1.54) is 17.0 Å². The number of nitrogens with zero attached hydrogens (tertiary/aromatic N) is 4. The van der Waals surface area contributed by atoms with Crippen molar-refractivity contribution in [2.45, 2.75) is 25.9 Å². The molecule has 42 heavy (non-hydrogen) atoms. The number of amidine groups is 1. The van der Waals surface area contributed by atoms with Crippen LogP contribution in [0, 0.1) is 11.3 Å². The Hall–Kier alpha value is -4.89. The molecule has 1 saturated heterocycles. The van der Waals surface area contributed by atoms with Crippen molar-refractivity contribution in [1.29, 1.82) is 5.26 Å². The quantitative estimate of drug-likeness (QED) is 0.144. The average Bonchev–Trinajstić information content (AvgIpc) is 3.34. The first-order chi connectivity index (χ1) is 20.0. The van der Waals surface area contributed by atoms with Crippen molar-refractivity contribution in [2.24, 2.45) is 15.7 Å². The summed E-state index contributed by atoms with van der Waals surface area (Å²) in [4.78, 5) is 35.4. The van der Waals surface area contributed by atoms with Crippen LogP contribution in [-0.2, 0) is 15.8 Å². The Morgan fingerprint density at radius 3 is 2.38 bits per heavy atom. The van der Waals surface area contributed by atoms with Gasteiger partial charge in [0.25, 0.3) is 5.91 Å². The lowest BCUT2D eigenvalue weighted by molar-refractivity contribution is -0.137. The van der Waals surface area contributed by atoms with Gasteiger partial charge in [-0.2, -0.15) is 18.4 Å². The number of anilines is 2. The van der Waals surface area contributed by atoms with E-state index in [-0.39, 0.29) is 39.7 Å². The largest absolute Gasteiger partial charge is 0.416 e. The van der Waals surface area contributed by atoms with Crippen LogP contribution in [0.15, 0.2) is 93.4 Å². The lowest BCUT2D eigenvalue weighted by atomic mass is 10.0. The van der Waals surface area contributed by atoms with Crippen molar-refractivity contribution in [1.82, 2.24) is 0 Å². The molecule has 0 atom stereocenters. The second-order valence-electron chi connectivity index (χ2n) is 9.36. The van der Waals surface area contributed by atoms with Gasteiger partial charge in [-0.15, -0.1) is 0 Å². The van der Waals surface area contributed by atoms with Gasteiger partial charge in [0.2, 0.25) is 5.91 Å². The first-order valence-electron chi connectivity index (χ1n) is 12.6. The highest BCUT2D eigenvalue weighted by Crippen LogP contribution is 2.39. The molecular weight excluding hydrogens is 565 g/mol. The van der Waals surface area contributed by atoms with Crippen LogP contribution in [0.4, 0.5) is 30.2 Å². The molecular formula is C30H25F3N6O2S. The Morgan fingerprint density at radius 1 is 1.10 bits per heavy atom. The average molecular weight is 591 g/mol. The van der Waals surface area contributed by atoms with Crippen molar-refractivity contribution < 1.29 is 22.8 Å². The molecule has 0 aliphatic carbocycles. The maximum atomic E-state index is 13.1. The summed E-state index contributed by atoms with van der Waals surface area (Å²) in [6.45, 7) is 4.00. The Kier molecular flexibility index (Phi) is 9.12. The van der Waals surface area contributed by atoms with Gasteiger partial charge in [-0.25, -0.2) is 9.98 Å². The molecule has 0 unspecified atom stereocenters. The Bertz CT molecular complexity index is 1620. The smallest absolute Gasteiger partial charge is 0.383 e. The number of nitrogens with one attached hydrogen (secondary N) is 1. The molecule has 0 radical (unpaired) electrons. The first kappa shape index (κ1) is 30.1. The van der Waals surface area contributed by atoms with E-state index >= 15 is 0 Å². The minimum absolute atomic E-state index is 0.0868. The maximum absolute atomic E-state index is 13.1. The molecule has 1 aliphatic rings. The second kappa shape index (κ2) is 12.7. The summed E-state index contributed by atoms with van der Waals surface area (Å²) >= 11 is 1.14. The summed E-state index contributed by atoms with van der Waals surface area (Å²) in [7, 11) is 0. The number of nitriles is 1. The van der Waals surface area contributed by atoms with Crippen LogP contribution < -0.4 is 16.0 Å². The Labute approximate surface area is 244 Å². The predicted octanol–water partition coefficient (Wildman–Crippen LogP) is 6.35. The van der Waals surface area contributed by atoms with E-state index < -0.39 is 17.6 Å². The lowest BCUT2D eigenvalue weighted by Crippen LogP contribution is -2.28. The Balaban J connectivity index is 1.48. The van der Waals surface area contributed by atoms with Gasteiger partial charge >= 0.3 is 6.18 Å². The number of benzene rings is 3. The Morgan fingerprint density at radius 2 is 1.76 bits per heavy atom. The van der Waals surface area contributed by atoms with Crippen LogP contribution in [0.1, 0.15) is 36.5 Å².